The highest BCUT2D eigenvalue weighted by molar-refractivity contribution is 5.90. The van der Waals surface area contributed by atoms with Gasteiger partial charge in [-0.05, 0) is 49.6 Å². The van der Waals surface area contributed by atoms with Crippen LogP contribution in [0.1, 0.15) is 43.9 Å². The second-order valence-electron chi connectivity index (χ2n) is 7.08. The zero-order valence-corrected chi connectivity index (χ0v) is 17.6. The molecule has 7 nitrogen and oxygen atoms in total. The number of anilines is 2. The van der Waals surface area contributed by atoms with E-state index < -0.39 is 0 Å². The molecule has 1 aromatic carbocycles. The van der Waals surface area contributed by atoms with E-state index in [1.807, 2.05) is 44.3 Å². The van der Waals surface area contributed by atoms with Crippen molar-refractivity contribution < 1.29 is 4.79 Å². The van der Waals surface area contributed by atoms with Gasteiger partial charge in [0.1, 0.15) is 5.82 Å². The number of hydrogen-bond donors (Lipinski definition) is 3. The maximum absolute atomic E-state index is 11.8. The molecule has 2 amide bonds. The Morgan fingerprint density at radius 2 is 1.97 bits per heavy atom. The number of nitrogens with zero attached hydrogens (tertiary/aromatic N) is 3. The Hall–Kier alpha value is -3.48. The first-order valence-corrected chi connectivity index (χ1v) is 10.2. The number of pyridine rings is 1. The zero-order valence-electron chi connectivity index (χ0n) is 17.6. The number of amides is 2. The Morgan fingerprint density at radius 3 is 2.67 bits per heavy atom. The zero-order chi connectivity index (χ0) is 21.3. The number of carbonyl (C=O) groups excluding carboxylic acids is 1. The Morgan fingerprint density at radius 1 is 1.10 bits per heavy atom. The summed E-state index contributed by atoms with van der Waals surface area (Å²) >= 11 is 0. The molecule has 3 rings (SSSR count). The van der Waals surface area contributed by atoms with Crippen LogP contribution in [0.2, 0.25) is 0 Å². The fourth-order valence-electron chi connectivity index (χ4n) is 3.24. The van der Waals surface area contributed by atoms with Crippen molar-refractivity contribution >= 4 is 17.5 Å². The van der Waals surface area contributed by atoms with E-state index in [-0.39, 0.29) is 12.1 Å². The quantitative estimate of drug-likeness (QED) is 0.494. The van der Waals surface area contributed by atoms with Crippen molar-refractivity contribution in [3.05, 3.63) is 66.2 Å². The topological polar surface area (TPSA) is 91.8 Å². The highest BCUT2D eigenvalue weighted by Gasteiger charge is 2.13. The minimum atomic E-state index is -0.211. The minimum absolute atomic E-state index is 0.124. The summed E-state index contributed by atoms with van der Waals surface area (Å²) in [4.78, 5) is 25.1. The molecule has 0 saturated heterocycles. The third-order valence-corrected chi connectivity index (χ3v) is 4.73. The van der Waals surface area contributed by atoms with Crippen LogP contribution in [0.3, 0.4) is 0 Å². The van der Waals surface area contributed by atoms with Gasteiger partial charge in [0, 0.05) is 30.2 Å². The van der Waals surface area contributed by atoms with Crippen LogP contribution in [-0.4, -0.2) is 27.5 Å². The molecule has 0 aliphatic rings. The van der Waals surface area contributed by atoms with Gasteiger partial charge in [-0.25, -0.2) is 9.78 Å². The predicted octanol–water partition coefficient (Wildman–Crippen LogP) is 4.94. The van der Waals surface area contributed by atoms with Crippen molar-refractivity contribution in [3.63, 3.8) is 0 Å². The predicted molar refractivity (Wildman–Crippen MR) is 120 cm³/mol. The van der Waals surface area contributed by atoms with E-state index in [2.05, 4.69) is 38.9 Å². The standard InChI is InChI=1S/C23H28N6O/c1-4-7-20(18-8-6-11-24-13-18)27-22-15-25-14-21(28-22)17-9-10-19(16(3)12-17)29-23(30)26-5-2/h6,8-15,20H,4-5,7H2,1-3H3,(H,27,28)(H2,26,29,30)/t20-/m0/s1. The maximum atomic E-state index is 11.8. The second kappa shape index (κ2) is 10.3. The molecule has 156 valence electrons. The number of urea groups is 1. The van der Waals surface area contributed by atoms with E-state index in [0.717, 1.165) is 46.7 Å². The van der Waals surface area contributed by atoms with Gasteiger partial charge in [-0.1, -0.05) is 25.5 Å². The Labute approximate surface area is 177 Å². The lowest BCUT2D eigenvalue weighted by atomic mass is 10.0. The summed E-state index contributed by atoms with van der Waals surface area (Å²) in [5.74, 6) is 0.719. The van der Waals surface area contributed by atoms with Crippen LogP contribution in [0.4, 0.5) is 16.3 Å². The van der Waals surface area contributed by atoms with Crippen LogP contribution >= 0.6 is 0 Å². The molecule has 2 aromatic heterocycles. The summed E-state index contributed by atoms with van der Waals surface area (Å²) in [7, 11) is 0. The molecular weight excluding hydrogens is 376 g/mol. The normalized spacial score (nSPS) is 11.6. The SMILES string of the molecule is CCC[C@H](Nc1cncc(-c2ccc(NC(=O)NCC)c(C)c2)n1)c1cccnc1. The molecule has 0 aliphatic carbocycles. The smallest absolute Gasteiger partial charge is 0.319 e. The number of carbonyl (C=O) groups is 1. The van der Waals surface area contributed by atoms with E-state index in [1.54, 1.807) is 18.6 Å². The molecule has 3 aromatic rings. The molecule has 0 fully saturated rings. The van der Waals surface area contributed by atoms with Crippen molar-refractivity contribution in [2.24, 2.45) is 0 Å². The van der Waals surface area contributed by atoms with Crippen LogP contribution in [0.25, 0.3) is 11.3 Å². The van der Waals surface area contributed by atoms with E-state index in [1.165, 1.54) is 0 Å². The number of rotatable bonds is 8. The lowest BCUT2D eigenvalue weighted by molar-refractivity contribution is 0.252. The van der Waals surface area contributed by atoms with E-state index in [4.69, 9.17) is 4.98 Å². The van der Waals surface area contributed by atoms with E-state index in [9.17, 15) is 4.79 Å². The number of aryl methyl sites for hydroxylation is 1. The molecule has 0 aliphatic heterocycles. The van der Waals surface area contributed by atoms with Gasteiger partial charge in [0.25, 0.3) is 0 Å². The fourth-order valence-corrected chi connectivity index (χ4v) is 3.24. The van der Waals surface area contributed by atoms with Gasteiger partial charge in [-0.15, -0.1) is 0 Å². The van der Waals surface area contributed by atoms with Crippen LogP contribution in [0.15, 0.2) is 55.1 Å². The number of benzene rings is 1. The number of aromatic nitrogens is 3. The minimum Gasteiger partial charge on any atom is -0.362 e. The monoisotopic (exact) mass is 404 g/mol. The Kier molecular flexibility index (Phi) is 7.32. The largest absolute Gasteiger partial charge is 0.362 e. The highest BCUT2D eigenvalue weighted by Crippen LogP contribution is 2.26. The summed E-state index contributed by atoms with van der Waals surface area (Å²) in [6.45, 7) is 6.58. The molecular formula is C23H28N6O. The molecule has 0 saturated carbocycles. The molecule has 2 heterocycles. The fraction of sp³-hybridized carbons (Fsp3) is 0.304. The first-order valence-electron chi connectivity index (χ1n) is 10.2. The van der Waals surface area contributed by atoms with Crippen molar-refractivity contribution in [1.82, 2.24) is 20.3 Å². The lowest BCUT2D eigenvalue weighted by Gasteiger charge is -2.19. The molecule has 0 unspecified atom stereocenters. The van der Waals surface area contributed by atoms with Crippen LogP contribution in [0.5, 0.6) is 0 Å². The third-order valence-electron chi connectivity index (χ3n) is 4.73. The van der Waals surface area contributed by atoms with Gasteiger partial charge < -0.3 is 16.0 Å². The molecule has 1 atom stereocenters. The van der Waals surface area contributed by atoms with E-state index >= 15 is 0 Å². The average Bonchev–Trinajstić information content (AvgIpc) is 2.76. The Balaban J connectivity index is 1.79. The van der Waals surface area contributed by atoms with E-state index in [0.29, 0.717) is 6.54 Å². The number of hydrogen-bond acceptors (Lipinski definition) is 5. The molecule has 7 heteroatoms. The van der Waals surface area contributed by atoms with Gasteiger partial charge >= 0.3 is 6.03 Å². The van der Waals surface area contributed by atoms with Gasteiger partial charge in [-0.3, -0.25) is 9.97 Å². The molecule has 0 spiro atoms. The summed E-state index contributed by atoms with van der Waals surface area (Å²) in [5, 5.41) is 9.08. The molecule has 30 heavy (non-hydrogen) atoms. The maximum Gasteiger partial charge on any atom is 0.319 e. The van der Waals surface area contributed by atoms with Crippen LogP contribution in [0, 0.1) is 6.92 Å². The van der Waals surface area contributed by atoms with Crippen molar-refractivity contribution in [1.29, 1.82) is 0 Å². The average molecular weight is 405 g/mol. The van der Waals surface area contributed by atoms with Crippen molar-refractivity contribution in [3.8, 4) is 11.3 Å². The Bertz CT molecular complexity index is 976. The second-order valence-corrected chi connectivity index (χ2v) is 7.08. The van der Waals surface area contributed by atoms with Crippen LogP contribution < -0.4 is 16.0 Å². The van der Waals surface area contributed by atoms with Gasteiger partial charge in [0.2, 0.25) is 0 Å². The highest BCUT2D eigenvalue weighted by atomic mass is 16.2. The van der Waals surface area contributed by atoms with Gasteiger partial charge in [0.15, 0.2) is 0 Å². The number of nitrogens with one attached hydrogen (secondary N) is 3. The van der Waals surface area contributed by atoms with Crippen molar-refractivity contribution in [2.75, 3.05) is 17.2 Å². The summed E-state index contributed by atoms with van der Waals surface area (Å²) < 4.78 is 0. The first-order chi connectivity index (χ1) is 14.6. The van der Waals surface area contributed by atoms with Crippen LogP contribution in [-0.2, 0) is 0 Å². The first kappa shape index (κ1) is 21.2. The molecule has 3 N–H and O–H groups in total. The van der Waals surface area contributed by atoms with Gasteiger partial charge in [0.05, 0.1) is 24.1 Å². The van der Waals surface area contributed by atoms with Crippen molar-refractivity contribution in [2.45, 2.75) is 39.7 Å². The summed E-state index contributed by atoms with van der Waals surface area (Å²) in [6.07, 6.45) is 9.15. The molecule has 0 radical (unpaired) electrons. The summed E-state index contributed by atoms with van der Waals surface area (Å²) in [5.41, 5.74) is 4.57. The van der Waals surface area contributed by atoms with Gasteiger partial charge in [-0.2, -0.15) is 0 Å². The third kappa shape index (κ3) is 5.53. The lowest BCUT2D eigenvalue weighted by Crippen LogP contribution is -2.28. The molecule has 0 bridgehead atoms. The summed E-state index contributed by atoms with van der Waals surface area (Å²) in [6, 6.07) is 9.75.